The predicted octanol–water partition coefficient (Wildman–Crippen LogP) is 6.94. The van der Waals surface area contributed by atoms with E-state index >= 15 is 0 Å². The average Bonchev–Trinajstić information content (AvgIpc) is 3.10. The molecule has 10 heteroatoms. The van der Waals surface area contributed by atoms with Crippen LogP contribution in [-0.2, 0) is 32.6 Å². The molecular formula is C38H42ClN3O5S. The predicted molar refractivity (Wildman–Crippen MR) is 190 cm³/mol. The molecule has 1 fully saturated rings. The molecule has 0 saturated heterocycles. The van der Waals surface area contributed by atoms with Gasteiger partial charge >= 0.3 is 0 Å². The Morgan fingerprint density at radius 2 is 1.50 bits per heavy atom. The van der Waals surface area contributed by atoms with Crippen LogP contribution in [0.4, 0.5) is 5.69 Å². The van der Waals surface area contributed by atoms with Crippen LogP contribution in [0.2, 0.25) is 5.02 Å². The van der Waals surface area contributed by atoms with Crippen molar-refractivity contribution >= 4 is 39.1 Å². The SMILES string of the molecule is COc1ccc(S(=O)(=O)N(CC(=O)N(Cc2ccc(C)cc2)[C@H](Cc2ccccc2)C(=O)NC2CCCCC2)c2ccc(Cl)cc2)cc1. The van der Waals surface area contributed by atoms with Crippen LogP contribution < -0.4 is 14.4 Å². The minimum Gasteiger partial charge on any atom is -0.497 e. The number of carbonyl (C=O) groups excluding carboxylic acids is 2. The molecule has 1 atom stereocenters. The highest BCUT2D eigenvalue weighted by atomic mass is 35.5. The minimum atomic E-state index is -4.24. The van der Waals surface area contributed by atoms with Gasteiger partial charge in [-0.25, -0.2) is 8.42 Å². The van der Waals surface area contributed by atoms with E-state index in [0.29, 0.717) is 10.8 Å². The number of ether oxygens (including phenoxy) is 1. The Labute approximate surface area is 288 Å². The average molecular weight is 688 g/mol. The zero-order valence-corrected chi connectivity index (χ0v) is 28.9. The number of anilines is 1. The summed E-state index contributed by atoms with van der Waals surface area (Å²) < 4.78 is 34.8. The monoisotopic (exact) mass is 687 g/mol. The first kappa shape index (κ1) is 35.0. The lowest BCUT2D eigenvalue weighted by Gasteiger charge is -2.35. The van der Waals surface area contributed by atoms with Gasteiger partial charge in [-0.05, 0) is 79.4 Å². The van der Waals surface area contributed by atoms with E-state index in [-0.39, 0.29) is 35.5 Å². The van der Waals surface area contributed by atoms with Gasteiger partial charge in [0.25, 0.3) is 10.0 Å². The standard InChI is InChI=1S/C38H42ClN3O5S/c1-28-13-15-30(16-14-28)26-41(36(25-29-9-5-3-6-10-29)38(44)40-32-11-7-4-8-12-32)37(43)27-42(33-19-17-31(39)18-20-33)48(45,46)35-23-21-34(47-2)22-24-35/h3,5-6,9-10,13-24,32,36H,4,7-8,11-12,25-27H2,1-2H3,(H,40,44)/t36-/m1/s1. The number of nitrogens with zero attached hydrogens (tertiary/aromatic N) is 2. The van der Waals surface area contributed by atoms with E-state index in [0.717, 1.165) is 53.1 Å². The Hall–Kier alpha value is -4.34. The normalized spacial score (nSPS) is 14.1. The van der Waals surface area contributed by atoms with Gasteiger partial charge in [0.1, 0.15) is 18.3 Å². The summed E-state index contributed by atoms with van der Waals surface area (Å²) in [5, 5.41) is 3.66. The molecule has 0 bridgehead atoms. The summed E-state index contributed by atoms with van der Waals surface area (Å²) in [4.78, 5) is 30.4. The largest absolute Gasteiger partial charge is 0.497 e. The summed E-state index contributed by atoms with van der Waals surface area (Å²) in [5.41, 5.74) is 3.05. The quantitative estimate of drug-likeness (QED) is 0.164. The number of amides is 2. The van der Waals surface area contributed by atoms with Gasteiger partial charge in [-0.1, -0.05) is 91.0 Å². The Kier molecular flexibility index (Phi) is 11.8. The van der Waals surface area contributed by atoms with Crippen molar-refractivity contribution in [1.29, 1.82) is 0 Å². The number of hydrogen-bond donors (Lipinski definition) is 1. The zero-order chi connectivity index (χ0) is 34.1. The molecular weight excluding hydrogens is 646 g/mol. The molecule has 0 heterocycles. The fourth-order valence-electron chi connectivity index (χ4n) is 6.00. The Balaban J connectivity index is 1.55. The summed E-state index contributed by atoms with van der Waals surface area (Å²) in [6.07, 6.45) is 5.27. The number of carbonyl (C=O) groups is 2. The van der Waals surface area contributed by atoms with E-state index in [1.807, 2.05) is 61.5 Å². The number of benzene rings is 4. The molecule has 1 aliphatic carbocycles. The third kappa shape index (κ3) is 8.96. The molecule has 1 aliphatic rings. The molecule has 5 rings (SSSR count). The van der Waals surface area contributed by atoms with E-state index in [1.165, 1.54) is 24.1 Å². The molecule has 0 aliphatic heterocycles. The van der Waals surface area contributed by atoms with Gasteiger partial charge in [0.05, 0.1) is 17.7 Å². The number of methoxy groups -OCH3 is 1. The maximum Gasteiger partial charge on any atom is 0.264 e. The van der Waals surface area contributed by atoms with Crippen LogP contribution in [0, 0.1) is 6.92 Å². The van der Waals surface area contributed by atoms with E-state index < -0.39 is 28.5 Å². The lowest BCUT2D eigenvalue weighted by atomic mass is 9.94. The zero-order valence-electron chi connectivity index (χ0n) is 27.3. The third-order valence-corrected chi connectivity index (χ3v) is 10.8. The summed E-state index contributed by atoms with van der Waals surface area (Å²) in [6, 6.07) is 28.8. The molecule has 0 unspecified atom stereocenters. The first-order chi connectivity index (χ1) is 23.1. The smallest absolute Gasteiger partial charge is 0.264 e. The molecule has 0 aromatic heterocycles. The van der Waals surface area contributed by atoms with Crippen molar-refractivity contribution in [2.45, 2.75) is 69.0 Å². The Morgan fingerprint density at radius 3 is 2.12 bits per heavy atom. The van der Waals surface area contributed by atoms with E-state index in [2.05, 4.69) is 5.32 Å². The van der Waals surface area contributed by atoms with Gasteiger partial charge < -0.3 is 15.0 Å². The van der Waals surface area contributed by atoms with Crippen LogP contribution in [-0.4, -0.2) is 50.9 Å². The van der Waals surface area contributed by atoms with Gasteiger partial charge in [-0.3, -0.25) is 13.9 Å². The van der Waals surface area contributed by atoms with Crippen molar-refractivity contribution in [3.8, 4) is 5.75 Å². The number of nitrogens with one attached hydrogen (secondary N) is 1. The van der Waals surface area contributed by atoms with Crippen molar-refractivity contribution < 1.29 is 22.7 Å². The second-order valence-corrected chi connectivity index (χ2v) is 14.5. The first-order valence-corrected chi connectivity index (χ1v) is 18.1. The first-order valence-electron chi connectivity index (χ1n) is 16.3. The topological polar surface area (TPSA) is 96.0 Å². The van der Waals surface area contributed by atoms with E-state index in [4.69, 9.17) is 16.3 Å². The van der Waals surface area contributed by atoms with Crippen LogP contribution in [0.1, 0.15) is 48.8 Å². The van der Waals surface area contributed by atoms with Crippen molar-refractivity contribution in [2.75, 3.05) is 18.0 Å². The van der Waals surface area contributed by atoms with Crippen molar-refractivity contribution in [2.24, 2.45) is 0 Å². The van der Waals surface area contributed by atoms with E-state index in [9.17, 15) is 18.0 Å². The molecule has 1 N–H and O–H groups in total. The molecule has 48 heavy (non-hydrogen) atoms. The number of rotatable bonds is 13. The van der Waals surface area contributed by atoms with Crippen LogP contribution in [0.5, 0.6) is 5.75 Å². The summed E-state index contributed by atoms with van der Waals surface area (Å²) in [6.45, 7) is 1.56. The second kappa shape index (κ2) is 16.2. The van der Waals surface area contributed by atoms with Crippen molar-refractivity contribution in [3.63, 3.8) is 0 Å². The molecule has 2 amide bonds. The summed E-state index contributed by atoms with van der Waals surface area (Å²) in [7, 11) is -2.74. The lowest BCUT2D eigenvalue weighted by molar-refractivity contribution is -0.140. The van der Waals surface area contributed by atoms with Gasteiger partial charge in [-0.15, -0.1) is 0 Å². The maximum absolute atomic E-state index is 14.7. The van der Waals surface area contributed by atoms with Gasteiger partial charge in [0.2, 0.25) is 11.8 Å². The summed E-state index contributed by atoms with van der Waals surface area (Å²) >= 11 is 6.17. The van der Waals surface area contributed by atoms with Crippen LogP contribution in [0.25, 0.3) is 0 Å². The highest BCUT2D eigenvalue weighted by Gasteiger charge is 2.35. The summed E-state index contributed by atoms with van der Waals surface area (Å²) in [5.74, 6) is -0.260. The minimum absolute atomic E-state index is 0.00740. The fourth-order valence-corrected chi connectivity index (χ4v) is 7.54. The van der Waals surface area contributed by atoms with E-state index in [1.54, 1.807) is 36.4 Å². The molecule has 252 valence electrons. The van der Waals surface area contributed by atoms with Crippen molar-refractivity contribution in [3.05, 3.63) is 125 Å². The maximum atomic E-state index is 14.7. The molecule has 4 aromatic carbocycles. The fraction of sp³-hybridized carbons (Fsp3) is 0.316. The van der Waals surface area contributed by atoms with Crippen LogP contribution >= 0.6 is 11.6 Å². The second-order valence-electron chi connectivity index (χ2n) is 12.2. The molecule has 0 spiro atoms. The number of hydrogen-bond acceptors (Lipinski definition) is 5. The van der Waals surface area contributed by atoms with Gasteiger partial charge in [0, 0.05) is 24.0 Å². The molecule has 1 saturated carbocycles. The number of sulfonamides is 1. The molecule has 0 radical (unpaired) electrons. The Morgan fingerprint density at radius 1 is 0.854 bits per heavy atom. The van der Waals surface area contributed by atoms with Crippen LogP contribution in [0.3, 0.4) is 0 Å². The number of halogens is 1. The van der Waals surface area contributed by atoms with Crippen molar-refractivity contribution in [1.82, 2.24) is 10.2 Å². The third-order valence-electron chi connectivity index (χ3n) is 8.74. The van der Waals surface area contributed by atoms with Crippen LogP contribution in [0.15, 0.2) is 108 Å². The highest BCUT2D eigenvalue weighted by molar-refractivity contribution is 7.92. The van der Waals surface area contributed by atoms with Gasteiger partial charge in [0.15, 0.2) is 0 Å². The number of aryl methyl sites for hydroxylation is 1. The molecule has 4 aromatic rings. The molecule has 8 nitrogen and oxygen atoms in total. The Bertz CT molecular complexity index is 1760. The van der Waals surface area contributed by atoms with Gasteiger partial charge in [-0.2, -0.15) is 0 Å². The highest BCUT2D eigenvalue weighted by Crippen LogP contribution is 2.28. The lowest BCUT2D eigenvalue weighted by Crippen LogP contribution is -2.55.